The molecule has 35 heavy (non-hydrogen) atoms. The molecule has 0 aliphatic carbocycles. The second kappa shape index (κ2) is 10.8. The van der Waals surface area contributed by atoms with Crippen LogP contribution in [0.4, 0.5) is 0 Å². The fourth-order valence-corrected chi connectivity index (χ4v) is 4.53. The molecule has 0 saturated carbocycles. The van der Waals surface area contributed by atoms with E-state index in [1.54, 1.807) is 45.0 Å². The van der Waals surface area contributed by atoms with Crippen molar-refractivity contribution in [1.29, 1.82) is 0 Å². The van der Waals surface area contributed by atoms with Crippen molar-refractivity contribution in [3.8, 4) is 5.75 Å². The van der Waals surface area contributed by atoms with Crippen LogP contribution in [-0.4, -0.2) is 78.5 Å². The van der Waals surface area contributed by atoms with Gasteiger partial charge in [-0.05, 0) is 59.5 Å². The molecule has 0 unspecified atom stereocenters. The zero-order valence-electron chi connectivity index (χ0n) is 21.1. The number of Topliss-reactive ketones (excluding diaryl/α,β-unsaturated/α-hetero) is 1. The Bertz CT molecular complexity index is 1160. The van der Waals surface area contributed by atoms with Crippen molar-refractivity contribution >= 4 is 23.4 Å². The molecule has 0 spiro atoms. The number of aliphatic hydroxyl groups is 1. The van der Waals surface area contributed by atoms with Gasteiger partial charge in [0.1, 0.15) is 17.2 Å². The number of nitrogens with one attached hydrogen (secondary N) is 1. The molecule has 2 N–H and O–H groups in total. The quantitative estimate of drug-likeness (QED) is 0.244. The molecule has 1 aliphatic rings. The Morgan fingerprint density at radius 1 is 1.20 bits per heavy atom. The van der Waals surface area contributed by atoms with Crippen molar-refractivity contribution in [3.05, 3.63) is 57.9 Å². The van der Waals surface area contributed by atoms with Gasteiger partial charge in [0.2, 0.25) is 0 Å². The second-order valence-electron chi connectivity index (χ2n) is 8.74. The maximum Gasteiger partial charge on any atom is 0.355 e. The van der Waals surface area contributed by atoms with Crippen LogP contribution in [0, 0.1) is 13.8 Å². The number of carbonyl (C=O) groups is 3. The van der Waals surface area contributed by atoms with Crippen LogP contribution in [0.15, 0.2) is 29.8 Å². The number of ketones is 1. The molecular formula is C26H33N3O6. The lowest BCUT2D eigenvalue weighted by molar-refractivity contribution is -0.140. The summed E-state index contributed by atoms with van der Waals surface area (Å²) in [7, 11) is 5.39. The molecule has 1 atom stereocenters. The molecule has 1 fully saturated rings. The Kier molecular flexibility index (Phi) is 8.01. The molecule has 2 heterocycles. The summed E-state index contributed by atoms with van der Waals surface area (Å²) in [5, 5.41) is 11.5. The van der Waals surface area contributed by atoms with Crippen LogP contribution < -0.4 is 4.74 Å². The van der Waals surface area contributed by atoms with Crippen LogP contribution in [0.2, 0.25) is 0 Å². The van der Waals surface area contributed by atoms with E-state index in [1.807, 2.05) is 19.0 Å². The third kappa shape index (κ3) is 4.95. The van der Waals surface area contributed by atoms with Crippen LogP contribution in [-0.2, 0) is 14.3 Å². The number of esters is 1. The number of aromatic nitrogens is 1. The standard InChI is InChI=1S/C26H33N3O6/c1-7-35-26(33)21-15(2)19(16(3)27-21)23(30)20-22(17-11-8-9-12-18(17)34-6)29(25(32)24(20)31)14-10-13-28(4)5/h8-9,11-12,22,27,30H,7,10,13-14H2,1-6H3/t22-/m0/s1. The topological polar surface area (TPSA) is 112 Å². The summed E-state index contributed by atoms with van der Waals surface area (Å²) in [5.74, 6) is -1.86. The molecule has 3 rings (SSSR count). The van der Waals surface area contributed by atoms with E-state index >= 15 is 0 Å². The number of ether oxygens (including phenoxy) is 2. The Morgan fingerprint density at radius 2 is 1.89 bits per heavy atom. The molecule has 2 aromatic rings. The zero-order valence-corrected chi connectivity index (χ0v) is 21.1. The highest BCUT2D eigenvalue weighted by Crippen LogP contribution is 2.43. The number of hydrogen-bond acceptors (Lipinski definition) is 7. The smallest absolute Gasteiger partial charge is 0.355 e. The van der Waals surface area contributed by atoms with E-state index in [0.717, 1.165) is 6.54 Å². The number of amides is 1. The lowest BCUT2D eigenvalue weighted by atomic mass is 9.93. The van der Waals surface area contributed by atoms with Crippen LogP contribution in [0.25, 0.3) is 5.76 Å². The highest BCUT2D eigenvalue weighted by molar-refractivity contribution is 6.46. The average molecular weight is 484 g/mol. The van der Waals surface area contributed by atoms with E-state index in [9.17, 15) is 19.5 Å². The highest BCUT2D eigenvalue weighted by atomic mass is 16.5. The number of carbonyl (C=O) groups excluding carboxylic acids is 3. The van der Waals surface area contributed by atoms with Gasteiger partial charge in [-0.15, -0.1) is 0 Å². The summed E-state index contributed by atoms with van der Waals surface area (Å²) in [5.41, 5.74) is 1.98. The molecular weight excluding hydrogens is 450 g/mol. The average Bonchev–Trinajstić information content (AvgIpc) is 3.26. The third-order valence-electron chi connectivity index (χ3n) is 6.13. The minimum Gasteiger partial charge on any atom is -0.507 e. The molecule has 1 aromatic heterocycles. The molecule has 9 heteroatoms. The Hall–Kier alpha value is -3.59. The van der Waals surface area contributed by atoms with Crippen molar-refractivity contribution < 1.29 is 29.0 Å². The van der Waals surface area contributed by atoms with Crippen molar-refractivity contribution in [3.63, 3.8) is 0 Å². The summed E-state index contributed by atoms with van der Waals surface area (Å²) >= 11 is 0. The summed E-state index contributed by atoms with van der Waals surface area (Å²) in [4.78, 5) is 45.3. The number of hydrogen-bond donors (Lipinski definition) is 2. The molecule has 1 aliphatic heterocycles. The fourth-order valence-electron chi connectivity index (χ4n) is 4.53. The number of benzene rings is 1. The predicted molar refractivity (Wildman–Crippen MR) is 131 cm³/mol. The SMILES string of the molecule is CCOC(=O)c1[nH]c(C)c(C(O)=C2C(=O)C(=O)N(CCCN(C)C)[C@H]2c2ccccc2OC)c1C. The molecule has 1 aromatic carbocycles. The van der Waals surface area contributed by atoms with E-state index in [-0.39, 0.29) is 23.6 Å². The van der Waals surface area contributed by atoms with Crippen LogP contribution in [0.5, 0.6) is 5.75 Å². The highest BCUT2D eigenvalue weighted by Gasteiger charge is 2.47. The fraction of sp³-hybridized carbons (Fsp3) is 0.423. The molecule has 0 bridgehead atoms. The second-order valence-corrected chi connectivity index (χ2v) is 8.74. The van der Waals surface area contributed by atoms with Crippen LogP contribution in [0.1, 0.15) is 52.3 Å². The Morgan fingerprint density at radius 3 is 2.51 bits per heavy atom. The monoisotopic (exact) mass is 483 g/mol. The van der Waals surface area contributed by atoms with Crippen LogP contribution >= 0.6 is 0 Å². The number of aromatic amines is 1. The largest absolute Gasteiger partial charge is 0.507 e. The molecule has 188 valence electrons. The van der Waals surface area contributed by atoms with E-state index in [0.29, 0.717) is 41.1 Å². The summed E-state index contributed by atoms with van der Waals surface area (Å²) < 4.78 is 10.6. The Labute approximate surface area is 205 Å². The maximum atomic E-state index is 13.3. The number of methoxy groups -OCH3 is 1. The molecule has 1 saturated heterocycles. The first-order valence-electron chi connectivity index (χ1n) is 11.6. The first-order chi connectivity index (χ1) is 16.6. The number of nitrogens with zero attached hydrogens (tertiary/aromatic N) is 2. The predicted octanol–water partition coefficient (Wildman–Crippen LogP) is 3.19. The van der Waals surface area contributed by atoms with E-state index in [1.165, 1.54) is 12.0 Å². The van der Waals surface area contributed by atoms with Crippen molar-refractivity contribution in [2.24, 2.45) is 0 Å². The normalized spacial score (nSPS) is 17.3. The van der Waals surface area contributed by atoms with Gasteiger partial charge in [-0.1, -0.05) is 18.2 Å². The van der Waals surface area contributed by atoms with Gasteiger partial charge < -0.3 is 29.4 Å². The van der Waals surface area contributed by atoms with Gasteiger partial charge in [0, 0.05) is 23.4 Å². The number of rotatable bonds is 9. The summed E-state index contributed by atoms with van der Waals surface area (Å²) in [6.07, 6.45) is 0.640. The van der Waals surface area contributed by atoms with Gasteiger partial charge in [0.15, 0.2) is 0 Å². The van der Waals surface area contributed by atoms with Gasteiger partial charge in [-0.3, -0.25) is 9.59 Å². The van der Waals surface area contributed by atoms with Gasteiger partial charge in [0.05, 0.1) is 25.3 Å². The number of H-pyrrole nitrogens is 1. The minimum atomic E-state index is -0.840. The first-order valence-corrected chi connectivity index (χ1v) is 11.6. The van der Waals surface area contributed by atoms with E-state index in [4.69, 9.17) is 9.47 Å². The van der Waals surface area contributed by atoms with Crippen LogP contribution in [0.3, 0.4) is 0 Å². The number of likely N-dealkylation sites (tertiary alicyclic amines) is 1. The first kappa shape index (κ1) is 26.0. The zero-order chi connectivity index (χ0) is 25.9. The third-order valence-corrected chi connectivity index (χ3v) is 6.13. The number of para-hydroxylation sites is 1. The number of aryl methyl sites for hydroxylation is 1. The van der Waals surface area contributed by atoms with Crippen molar-refractivity contribution in [1.82, 2.24) is 14.8 Å². The molecule has 0 radical (unpaired) electrons. The lowest BCUT2D eigenvalue weighted by Gasteiger charge is -2.27. The summed E-state index contributed by atoms with van der Waals surface area (Å²) in [6.45, 7) is 6.30. The van der Waals surface area contributed by atoms with Gasteiger partial charge in [-0.25, -0.2) is 4.79 Å². The van der Waals surface area contributed by atoms with E-state index < -0.39 is 23.7 Å². The summed E-state index contributed by atoms with van der Waals surface area (Å²) in [6, 6.07) is 6.28. The lowest BCUT2D eigenvalue weighted by Crippen LogP contribution is -2.32. The van der Waals surface area contributed by atoms with Gasteiger partial charge >= 0.3 is 5.97 Å². The van der Waals surface area contributed by atoms with Gasteiger partial charge in [-0.2, -0.15) is 0 Å². The van der Waals surface area contributed by atoms with E-state index in [2.05, 4.69) is 4.98 Å². The Balaban J connectivity index is 2.20. The van der Waals surface area contributed by atoms with Crippen molar-refractivity contribution in [2.75, 3.05) is 40.9 Å². The minimum absolute atomic E-state index is 0.0371. The molecule has 1 amide bonds. The number of aliphatic hydroxyl groups excluding tert-OH is 1. The molecule has 9 nitrogen and oxygen atoms in total. The van der Waals surface area contributed by atoms with Crippen molar-refractivity contribution in [2.45, 2.75) is 33.2 Å². The van der Waals surface area contributed by atoms with Gasteiger partial charge in [0.25, 0.3) is 11.7 Å². The maximum absolute atomic E-state index is 13.3.